The Kier molecular flexibility index (Phi) is 1.43. The fourth-order valence-corrected chi connectivity index (χ4v) is 1.15. The number of aromatic nitrogens is 2. The van der Waals surface area contributed by atoms with Crippen LogP contribution in [0.2, 0.25) is 0 Å². The second kappa shape index (κ2) is 2.42. The van der Waals surface area contributed by atoms with Gasteiger partial charge in [0.15, 0.2) is 0 Å². The SMILES string of the molecule is c1ncc(CN2CCC2)[nH]1. The quantitative estimate of drug-likeness (QED) is 0.647. The molecular weight excluding hydrogens is 126 g/mol. The summed E-state index contributed by atoms with van der Waals surface area (Å²) in [6.45, 7) is 3.54. The molecule has 0 aliphatic carbocycles. The summed E-state index contributed by atoms with van der Waals surface area (Å²) in [6.07, 6.45) is 4.97. The number of hydrogen-bond donors (Lipinski definition) is 1. The van der Waals surface area contributed by atoms with Crippen LogP contribution in [0.4, 0.5) is 0 Å². The number of nitrogens with one attached hydrogen (secondary N) is 1. The van der Waals surface area contributed by atoms with E-state index in [-0.39, 0.29) is 0 Å². The van der Waals surface area contributed by atoms with Crippen molar-refractivity contribution < 1.29 is 0 Å². The third-order valence-corrected chi connectivity index (χ3v) is 1.90. The van der Waals surface area contributed by atoms with E-state index in [4.69, 9.17) is 0 Å². The van der Waals surface area contributed by atoms with Crippen LogP contribution in [0.25, 0.3) is 0 Å². The molecule has 0 bridgehead atoms. The van der Waals surface area contributed by atoms with E-state index >= 15 is 0 Å². The number of aromatic amines is 1. The molecule has 1 N–H and O–H groups in total. The van der Waals surface area contributed by atoms with E-state index in [0.29, 0.717) is 0 Å². The molecule has 0 saturated carbocycles. The third-order valence-electron chi connectivity index (χ3n) is 1.90. The van der Waals surface area contributed by atoms with Crippen LogP contribution in [-0.4, -0.2) is 28.0 Å². The minimum absolute atomic E-state index is 1.04. The van der Waals surface area contributed by atoms with E-state index in [2.05, 4.69) is 14.9 Å². The summed E-state index contributed by atoms with van der Waals surface area (Å²) in [6, 6.07) is 0. The molecule has 54 valence electrons. The Labute approximate surface area is 60.1 Å². The van der Waals surface area contributed by atoms with Gasteiger partial charge in [-0.3, -0.25) is 4.90 Å². The molecule has 3 nitrogen and oxygen atoms in total. The van der Waals surface area contributed by atoms with Gasteiger partial charge in [-0.1, -0.05) is 0 Å². The molecule has 1 aliphatic heterocycles. The monoisotopic (exact) mass is 137 g/mol. The zero-order valence-electron chi connectivity index (χ0n) is 5.88. The van der Waals surface area contributed by atoms with Crippen LogP contribution < -0.4 is 0 Å². The molecule has 1 aromatic rings. The third kappa shape index (κ3) is 1.04. The van der Waals surface area contributed by atoms with Gasteiger partial charge in [0.2, 0.25) is 0 Å². The normalized spacial score (nSPS) is 18.8. The van der Waals surface area contributed by atoms with Gasteiger partial charge in [-0.15, -0.1) is 0 Å². The van der Waals surface area contributed by atoms with Gasteiger partial charge in [0.05, 0.1) is 6.33 Å². The van der Waals surface area contributed by atoms with Crippen LogP contribution in [0.5, 0.6) is 0 Å². The van der Waals surface area contributed by atoms with E-state index in [1.165, 1.54) is 25.2 Å². The van der Waals surface area contributed by atoms with E-state index < -0.39 is 0 Å². The highest BCUT2D eigenvalue weighted by molar-refractivity contribution is 4.94. The lowest BCUT2D eigenvalue weighted by molar-refractivity contribution is 0.170. The van der Waals surface area contributed by atoms with E-state index in [9.17, 15) is 0 Å². The topological polar surface area (TPSA) is 31.9 Å². The average molecular weight is 137 g/mol. The Morgan fingerprint density at radius 2 is 2.50 bits per heavy atom. The van der Waals surface area contributed by atoms with Crippen LogP contribution >= 0.6 is 0 Å². The number of imidazole rings is 1. The van der Waals surface area contributed by atoms with Crippen molar-refractivity contribution in [2.75, 3.05) is 13.1 Å². The summed E-state index contributed by atoms with van der Waals surface area (Å²) < 4.78 is 0. The van der Waals surface area contributed by atoms with Crippen LogP contribution in [0.15, 0.2) is 12.5 Å². The molecule has 1 aliphatic rings. The predicted octanol–water partition coefficient (Wildman–Crippen LogP) is 0.615. The average Bonchev–Trinajstić information content (AvgIpc) is 2.29. The number of likely N-dealkylation sites (tertiary alicyclic amines) is 1. The predicted molar refractivity (Wildman–Crippen MR) is 38.5 cm³/mol. The molecule has 0 aromatic carbocycles. The highest BCUT2D eigenvalue weighted by Gasteiger charge is 2.13. The summed E-state index contributed by atoms with van der Waals surface area (Å²) >= 11 is 0. The Bertz CT molecular complexity index is 189. The van der Waals surface area contributed by atoms with E-state index in [1.54, 1.807) is 6.33 Å². The van der Waals surface area contributed by atoms with E-state index in [1.807, 2.05) is 6.20 Å². The molecule has 0 spiro atoms. The molecule has 1 saturated heterocycles. The zero-order valence-corrected chi connectivity index (χ0v) is 5.88. The lowest BCUT2D eigenvalue weighted by Crippen LogP contribution is -2.36. The number of H-pyrrole nitrogens is 1. The molecule has 1 fully saturated rings. The summed E-state index contributed by atoms with van der Waals surface area (Å²) in [4.78, 5) is 9.43. The van der Waals surface area contributed by atoms with Gasteiger partial charge in [-0.05, 0) is 19.5 Å². The van der Waals surface area contributed by atoms with Gasteiger partial charge < -0.3 is 4.98 Å². The first-order chi connectivity index (χ1) is 4.95. The van der Waals surface area contributed by atoms with Gasteiger partial charge in [0.25, 0.3) is 0 Å². The van der Waals surface area contributed by atoms with Gasteiger partial charge in [0, 0.05) is 18.4 Å². The first kappa shape index (κ1) is 5.92. The van der Waals surface area contributed by atoms with E-state index in [0.717, 1.165) is 6.54 Å². The van der Waals surface area contributed by atoms with Crippen molar-refractivity contribution in [2.45, 2.75) is 13.0 Å². The molecule has 1 aromatic heterocycles. The lowest BCUT2D eigenvalue weighted by Gasteiger charge is -2.29. The number of hydrogen-bond acceptors (Lipinski definition) is 2. The zero-order chi connectivity index (χ0) is 6.81. The first-order valence-electron chi connectivity index (χ1n) is 3.65. The van der Waals surface area contributed by atoms with Crippen LogP contribution in [0.1, 0.15) is 12.1 Å². The standard InChI is InChI=1S/C7H11N3/c1-2-10(3-1)5-7-4-8-6-9-7/h4,6H,1-3,5H2,(H,8,9). The fraction of sp³-hybridized carbons (Fsp3) is 0.571. The molecule has 2 rings (SSSR count). The maximum Gasteiger partial charge on any atom is 0.0922 e. The summed E-state index contributed by atoms with van der Waals surface area (Å²) in [7, 11) is 0. The second-order valence-corrected chi connectivity index (χ2v) is 2.71. The Hall–Kier alpha value is -0.830. The Morgan fingerprint density at radius 3 is 3.00 bits per heavy atom. The smallest absolute Gasteiger partial charge is 0.0922 e. The minimum Gasteiger partial charge on any atom is -0.347 e. The molecule has 2 heterocycles. The van der Waals surface area contributed by atoms with Crippen molar-refractivity contribution in [1.82, 2.24) is 14.9 Å². The molecule has 10 heavy (non-hydrogen) atoms. The van der Waals surface area contributed by atoms with Crippen LogP contribution in [-0.2, 0) is 6.54 Å². The van der Waals surface area contributed by atoms with Crippen molar-refractivity contribution in [3.63, 3.8) is 0 Å². The van der Waals surface area contributed by atoms with Crippen molar-refractivity contribution >= 4 is 0 Å². The largest absolute Gasteiger partial charge is 0.347 e. The minimum atomic E-state index is 1.04. The number of rotatable bonds is 2. The van der Waals surface area contributed by atoms with Crippen molar-refractivity contribution in [3.8, 4) is 0 Å². The molecule has 0 unspecified atom stereocenters. The van der Waals surface area contributed by atoms with Gasteiger partial charge >= 0.3 is 0 Å². The maximum absolute atomic E-state index is 3.95. The summed E-state index contributed by atoms with van der Waals surface area (Å²) in [5, 5.41) is 0. The van der Waals surface area contributed by atoms with Gasteiger partial charge in [-0.2, -0.15) is 0 Å². The molecule has 0 amide bonds. The molecular formula is C7H11N3. The summed E-state index contributed by atoms with van der Waals surface area (Å²) in [5.74, 6) is 0. The van der Waals surface area contributed by atoms with Crippen LogP contribution in [0, 0.1) is 0 Å². The maximum atomic E-state index is 3.95. The first-order valence-corrected chi connectivity index (χ1v) is 3.65. The van der Waals surface area contributed by atoms with Crippen molar-refractivity contribution in [1.29, 1.82) is 0 Å². The highest BCUT2D eigenvalue weighted by Crippen LogP contribution is 2.09. The fourth-order valence-electron chi connectivity index (χ4n) is 1.15. The number of nitrogens with zero attached hydrogens (tertiary/aromatic N) is 2. The van der Waals surface area contributed by atoms with Gasteiger partial charge in [0.1, 0.15) is 0 Å². The van der Waals surface area contributed by atoms with Crippen molar-refractivity contribution in [3.05, 3.63) is 18.2 Å². The van der Waals surface area contributed by atoms with Crippen LogP contribution in [0.3, 0.4) is 0 Å². The van der Waals surface area contributed by atoms with Crippen molar-refractivity contribution in [2.24, 2.45) is 0 Å². The summed E-state index contributed by atoms with van der Waals surface area (Å²) in [5.41, 5.74) is 1.22. The lowest BCUT2D eigenvalue weighted by atomic mass is 10.2. The molecule has 0 atom stereocenters. The van der Waals surface area contributed by atoms with Gasteiger partial charge in [-0.25, -0.2) is 4.98 Å². The molecule has 0 radical (unpaired) electrons. The Balaban J connectivity index is 1.90. The highest BCUT2D eigenvalue weighted by atomic mass is 15.2. The molecule has 3 heteroatoms. The Morgan fingerprint density at radius 1 is 1.60 bits per heavy atom. The second-order valence-electron chi connectivity index (χ2n) is 2.71.